The smallest absolute Gasteiger partial charge is 0.326 e. The Hall–Kier alpha value is -2.41. The van der Waals surface area contributed by atoms with Crippen LogP contribution in [0, 0.1) is 0 Å². The number of likely N-dealkylation sites (N-methyl/N-ethyl adjacent to an activating group) is 1. The molecule has 3 rings (SSSR count). The first-order valence-electron chi connectivity index (χ1n) is 11.0. The molecule has 30 heavy (non-hydrogen) atoms. The van der Waals surface area contributed by atoms with Gasteiger partial charge < -0.3 is 10.2 Å². The molecule has 0 radical (unpaired) electrons. The molecule has 2 aliphatic rings. The maximum Gasteiger partial charge on any atom is 0.326 e. The number of hydrogen-bond acceptors (Lipinski definition) is 4. The lowest BCUT2D eigenvalue weighted by Crippen LogP contribution is -2.34. The van der Waals surface area contributed by atoms with Gasteiger partial charge in [0.15, 0.2) is 0 Å². The minimum Gasteiger partial charge on any atom is -0.352 e. The van der Waals surface area contributed by atoms with Crippen LogP contribution in [0.25, 0.3) is 0 Å². The molecule has 1 N–H and O–H groups in total. The highest BCUT2D eigenvalue weighted by Gasteiger charge is 2.32. The molecule has 7 nitrogen and oxygen atoms in total. The van der Waals surface area contributed by atoms with Crippen molar-refractivity contribution in [3.05, 3.63) is 35.4 Å². The summed E-state index contributed by atoms with van der Waals surface area (Å²) in [5.41, 5.74) is 2.39. The van der Waals surface area contributed by atoms with E-state index in [-0.39, 0.29) is 30.9 Å². The summed E-state index contributed by atoms with van der Waals surface area (Å²) in [4.78, 5) is 41.0. The van der Waals surface area contributed by atoms with Crippen LogP contribution in [0.2, 0.25) is 0 Å². The van der Waals surface area contributed by atoms with E-state index in [1.807, 2.05) is 6.07 Å². The van der Waals surface area contributed by atoms with E-state index in [0.29, 0.717) is 25.4 Å². The summed E-state index contributed by atoms with van der Waals surface area (Å²) >= 11 is 0. The highest BCUT2D eigenvalue weighted by Crippen LogP contribution is 2.23. The van der Waals surface area contributed by atoms with Crippen LogP contribution in [0.4, 0.5) is 4.79 Å². The molecule has 1 aromatic carbocycles. The van der Waals surface area contributed by atoms with Gasteiger partial charge in [0.05, 0.1) is 0 Å². The number of hydrogen-bond donors (Lipinski definition) is 1. The Morgan fingerprint density at radius 2 is 1.83 bits per heavy atom. The first-order chi connectivity index (χ1) is 14.5. The van der Waals surface area contributed by atoms with E-state index in [4.69, 9.17) is 0 Å². The van der Waals surface area contributed by atoms with Gasteiger partial charge in [0, 0.05) is 39.1 Å². The van der Waals surface area contributed by atoms with Gasteiger partial charge in [-0.15, -0.1) is 0 Å². The average Bonchev–Trinajstić information content (AvgIpc) is 2.99. The van der Waals surface area contributed by atoms with Gasteiger partial charge in [-0.05, 0) is 37.4 Å². The molecule has 1 aromatic rings. The van der Waals surface area contributed by atoms with E-state index < -0.39 is 0 Å². The van der Waals surface area contributed by atoms with Crippen LogP contribution >= 0.6 is 0 Å². The molecule has 0 unspecified atom stereocenters. The third-order valence-electron chi connectivity index (χ3n) is 6.23. The Kier molecular flexibility index (Phi) is 7.85. The maximum absolute atomic E-state index is 12.3. The predicted molar refractivity (Wildman–Crippen MR) is 116 cm³/mol. The normalized spacial score (nSPS) is 17.8. The second-order valence-corrected chi connectivity index (χ2v) is 8.54. The summed E-state index contributed by atoms with van der Waals surface area (Å²) in [5, 5.41) is 2.99. The Bertz CT molecular complexity index is 761. The highest BCUT2D eigenvalue weighted by atomic mass is 16.2. The van der Waals surface area contributed by atoms with Crippen LogP contribution in [-0.4, -0.2) is 65.8 Å². The highest BCUT2D eigenvalue weighted by molar-refractivity contribution is 6.01. The molecule has 1 aliphatic heterocycles. The predicted octanol–water partition coefficient (Wildman–Crippen LogP) is 2.74. The van der Waals surface area contributed by atoms with Crippen molar-refractivity contribution < 1.29 is 14.4 Å². The van der Waals surface area contributed by atoms with Gasteiger partial charge in [-0.1, -0.05) is 43.5 Å². The van der Waals surface area contributed by atoms with Crippen LogP contribution in [0.15, 0.2) is 24.3 Å². The lowest BCUT2D eigenvalue weighted by Gasteiger charge is -2.31. The number of benzene rings is 1. The Labute approximate surface area is 179 Å². The van der Waals surface area contributed by atoms with Crippen LogP contribution in [0.5, 0.6) is 0 Å². The fraction of sp³-hybridized carbons (Fsp3) is 0.609. The number of carbonyl (C=O) groups is 3. The molecule has 0 aromatic heterocycles. The first kappa shape index (κ1) is 22.3. The fourth-order valence-electron chi connectivity index (χ4n) is 4.37. The average molecular weight is 415 g/mol. The number of nitrogens with zero attached hydrogens (tertiary/aromatic N) is 3. The zero-order valence-corrected chi connectivity index (χ0v) is 18.2. The number of urea groups is 1. The van der Waals surface area contributed by atoms with Crippen LogP contribution in [0.1, 0.15) is 56.1 Å². The number of rotatable bonds is 9. The zero-order valence-electron chi connectivity index (χ0n) is 18.2. The molecule has 0 bridgehead atoms. The van der Waals surface area contributed by atoms with Crippen molar-refractivity contribution in [1.82, 2.24) is 20.0 Å². The number of nitrogens with one attached hydrogen (secondary N) is 1. The van der Waals surface area contributed by atoms with Crippen LogP contribution in [0.3, 0.4) is 0 Å². The molecular weight excluding hydrogens is 380 g/mol. The molecule has 1 saturated carbocycles. The van der Waals surface area contributed by atoms with Crippen molar-refractivity contribution in [2.45, 2.75) is 64.1 Å². The summed E-state index contributed by atoms with van der Waals surface area (Å²) in [7, 11) is 3.81. The van der Waals surface area contributed by atoms with Gasteiger partial charge in [0.2, 0.25) is 11.8 Å². The van der Waals surface area contributed by atoms with E-state index in [9.17, 15) is 14.4 Å². The van der Waals surface area contributed by atoms with Gasteiger partial charge in [-0.25, -0.2) is 4.79 Å². The SMILES string of the molecule is CN1CC(=O)N(CCCC(=O)NCc2ccccc2CN(C)C2CCCCC2)C1=O. The second-order valence-electron chi connectivity index (χ2n) is 8.54. The molecule has 0 atom stereocenters. The minimum absolute atomic E-state index is 0.0575. The van der Waals surface area contributed by atoms with Crippen molar-refractivity contribution in [2.75, 3.05) is 27.2 Å². The van der Waals surface area contributed by atoms with Gasteiger partial charge in [0.25, 0.3) is 0 Å². The summed E-state index contributed by atoms with van der Waals surface area (Å²) in [6, 6.07) is 8.64. The quantitative estimate of drug-likeness (QED) is 0.631. The summed E-state index contributed by atoms with van der Waals surface area (Å²) in [6.45, 7) is 1.80. The maximum atomic E-state index is 12.3. The van der Waals surface area contributed by atoms with Gasteiger partial charge in [-0.3, -0.25) is 19.4 Å². The fourth-order valence-corrected chi connectivity index (χ4v) is 4.37. The van der Waals surface area contributed by atoms with Crippen molar-refractivity contribution in [3.8, 4) is 0 Å². The summed E-state index contributed by atoms with van der Waals surface area (Å²) in [6.07, 6.45) is 7.30. The molecule has 7 heteroatoms. The molecular formula is C23H34N4O3. The van der Waals surface area contributed by atoms with E-state index >= 15 is 0 Å². The largest absolute Gasteiger partial charge is 0.352 e. The Morgan fingerprint density at radius 1 is 1.13 bits per heavy atom. The lowest BCUT2D eigenvalue weighted by molar-refractivity contribution is -0.126. The molecule has 1 saturated heterocycles. The van der Waals surface area contributed by atoms with Crippen molar-refractivity contribution >= 4 is 17.8 Å². The van der Waals surface area contributed by atoms with E-state index in [1.54, 1.807) is 7.05 Å². The van der Waals surface area contributed by atoms with Crippen molar-refractivity contribution in [2.24, 2.45) is 0 Å². The summed E-state index contributed by atoms with van der Waals surface area (Å²) in [5.74, 6) is -0.253. The second kappa shape index (κ2) is 10.6. The molecule has 1 heterocycles. The number of carbonyl (C=O) groups excluding carboxylic acids is 3. The third-order valence-corrected chi connectivity index (χ3v) is 6.23. The van der Waals surface area contributed by atoms with E-state index in [2.05, 4.69) is 35.5 Å². The van der Waals surface area contributed by atoms with Gasteiger partial charge in [-0.2, -0.15) is 0 Å². The minimum atomic E-state index is -0.281. The molecule has 0 spiro atoms. The molecule has 2 fully saturated rings. The van der Waals surface area contributed by atoms with E-state index in [1.165, 1.54) is 47.5 Å². The molecule has 1 aliphatic carbocycles. The Balaban J connectivity index is 1.44. The summed E-state index contributed by atoms with van der Waals surface area (Å²) < 4.78 is 0. The monoisotopic (exact) mass is 414 g/mol. The first-order valence-corrected chi connectivity index (χ1v) is 11.0. The van der Waals surface area contributed by atoms with Crippen LogP contribution in [-0.2, 0) is 22.7 Å². The zero-order chi connectivity index (χ0) is 21.5. The lowest BCUT2D eigenvalue weighted by atomic mass is 9.94. The van der Waals surface area contributed by atoms with Crippen molar-refractivity contribution in [1.29, 1.82) is 0 Å². The van der Waals surface area contributed by atoms with Crippen LogP contribution < -0.4 is 5.32 Å². The van der Waals surface area contributed by atoms with Crippen molar-refractivity contribution in [3.63, 3.8) is 0 Å². The molecule has 4 amide bonds. The standard InChI is InChI=1S/C23H34N4O3/c1-25(20-11-4-3-5-12-20)16-19-10-7-6-9-18(19)15-24-21(28)13-8-14-27-22(29)17-26(2)23(27)30/h6-7,9-10,20H,3-5,8,11-17H2,1-2H3,(H,24,28). The topological polar surface area (TPSA) is 73.0 Å². The third kappa shape index (κ3) is 5.81. The number of imide groups is 1. The van der Waals surface area contributed by atoms with Gasteiger partial charge >= 0.3 is 6.03 Å². The van der Waals surface area contributed by atoms with Gasteiger partial charge in [0.1, 0.15) is 6.54 Å². The Morgan fingerprint density at radius 3 is 2.50 bits per heavy atom. The van der Waals surface area contributed by atoms with E-state index in [0.717, 1.165) is 12.1 Å². The molecule has 164 valence electrons. The number of amides is 4.